The summed E-state index contributed by atoms with van der Waals surface area (Å²) in [6, 6.07) is 0.867. The lowest BCUT2D eigenvalue weighted by molar-refractivity contribution is -0.144. The highest BCUT2D eigenvalue weighted by Gasteiger charge is 2.34. The van der Waals surface area contributed by atoms with E-state index >= 15 is 0 Å². The van der Waals surface area contributed by atoms with Crippen LogP contribution in [0.4, 0.5) is 22.0 Å². The summed E-state index contributed by atoms with van der Waals surface area (Å²) in [6.07, 6.45) is -3.63. The van der Waals surface area contributed by atoms with Gasteiger partial charge in [0.2, 0.25) is 0 Å². The number of rotatable bonds is 2. The average Bonchev–Trinajstić information content (AvgIpc) is 2.29. The predicted molar refractivity (Wildman–Crippen MR) is 37.9 cm³/mol. The first-order valence-corrected chi connectivity index (χ1v) is 3.67. The number of nitrogens with zero attached hydrogens (tertiary/aromatic N) is 2. The van der Waals surface area contributed by atoms with Gasteiger partial charge in [0.15, 0.2) is 0 Å². The first kappa shape index (κ1) is 10.9. The maximum absolute atomic E-state index is 12.7. The predicted octanol–water partition coefficient (Wildman–Crippen LogP) is 2.56. The van der Waals surface area contributed by atoms with Crippen LogP contribution in [-0.2, 0) is 12.5 Å². The lowest BCUT2D eigenvalue weighted by atomic mass is 10.3. The molecule has 14 heavy (non-hydrogen) atoms. The van der Waals surface area contributed by atoms with Gasteiger partial charge in [0.05, 0.1) is 0 Å². The lowest BCUT2D eigenvalue weighted by Gasteiger charge is -2.14. The van der Waals surface area contributed by atoms with Gasteiger partial charge in [-0.1, -0.05) is 0 Å². The first-order valence-electron chi connectivity index (χ1n) is 3.67. The Balaban J connectivity index is 2.95. The van der Waals surface area contributed by atoms with Crippen LogP contribution in [0.15, 0.2) is 12.3 Å². The highest BCUT2D eigenvalue weighted by molar-refractivity contribution is 5.07. The minimum atomic E-state index is -4.55. The molecule has 0 saturated heterocycles. The third-order valence-electron chi connectivity index (χ3n) is 1.50. The molecule has 0 saturated carbocycles. The van der Waals surface area contributed by atoms with Gasteiger partial charge in [-0.25, -0.2) is 0 Å². The van der Waals surface area contributed by atoms with Crippen LogP contribution >= 0.6 is 0 Å². The quantitative estimate of drug-likeness (QED) is 0.692. The van der Waals surface area contributed by atoms with Crippen molar-refractivity contribution < 1.29 is 22.0 Å². The van der Waals surface area contributed by atoms with E-state index < -0.39 is 24.3 Å². The van der Waals surface area contributed by atoms with Gasteiger partial charge in [-0.3, -0.25) is 4.68 Å². The lowest BCUT2D eigenvalue weighted by Crippen LogP contribution is -2.24. The Morgan fingerprint density at radius 2 is 1.86 bits per heavy atom. The van der Waals surface area contributed by atoms with Crippen molar-refractivity contribution in [3.63, 3.8) is 0 Å². The maximum atomic E-state index is 12.7. The van der Waals surface area contributed by atoms with E-state index in [1.54, 1.807) is 0 Å². The zero-order valence-corrected chi connectivity index (χ0v) is 7.15. The van der Waals surface area contributed by atoms with E-state index in [0.29, 0.717) is 6.92 Å². The van der Waals surface area contributed by atoms with E-state index in [9.17, 15) is 22.0 Å². The third-order valence-corrected chi connectivity index (χ3v) is 1.50. The summed E-state index contributed by atoms with van der Waals surface area (Å²) in [5.74, 6) is -3.32. The molecular weight excluding hydrogens is 207 g/mol. The van der Waals surface area contributed by atoms with E-state index in [1.807, 2.05) is 0 Å². The topological polar surface area (TPSA) is 17.8 Å². The van der Waals surface area contributed by atoms with Crippen molar-refractivity contribution in [1.82, 2.24) is 9.78 Å². The van der Waals surface area contributed by atoms with Crippen molar-refractivity contribution in [3.05, 3.63) is 18.0 Å². The van der Waals surface area contributed by atoms with Gasteiger partial charge in [0, 0.05) is 13.1 Å². The molecule has 0 aromatic carbocycles. The molecule has 0 aliphatic heterocycles. The van der Waals surface area contributed by atoms with Crippen LogP contribution in [0.2, 0.25) is 0 Å². The number of aromatic nitrogens is 2. The molecular formula is C7H7F5N2. The molecule has 1 rings (SSSR count). The molecule has 0 aliphatic rings. The van der Waals surface area contributed by atoms with Crippen molar-refractivity contribution in [3.8, 4) is 0 Å². The Kier molecular flexibility index (Phi) is 2.51. The fourth-order valence-electron chi connectivity index (χ4n) is 1.00. The molecule has 2 nitrogen and oxygen atoms in total. The Hall–Kier alpha value is -1.14. The van der Waals surface area contributed by atoms with Gasteiger partial charge in [0.25, 0.3) is 5.92 Å². The van der Waals surface area contributed by atoms with Gasteiger partial charge in [-0.2, -0.15) is 27.1 Å². The molecule has 0 amide bonds. The molecule has 1 aromatic rings. The summed E-state index contributed by atoms with van der Waals surface area (Å²) in [5.41, 5.74) is -0.741. The minimum absolute atomic E-state index is 0.250. The minimum Gasteiger partial charge on any atom is -0.254 e. The molecule has 1 heterocycles. The second kappa shape index (κ2) is 3.21. The Labute approximate surface area is 76.3 Å². The second-order valence-corrected chi connectivity index (χ2v) is 2.88. The normalized spacial score (nSPS) is 13.3. The fourth-order valence-corrected chi connectivity index (χ4v) is 1.00. The van der Waals surface area contributed by atoms with Crippen LogP contribution in [0.5, 0.6) is 0 Å². The largest absolute Gasteiger partial charge is 0.408 e. The third kappa shape index (κ3) is 2.68. The van der Waals surface area contributed by atoms with Gasteiger partial charge in [0.1, 0.15) is 12.2 Å². The highest BCUT2D eigenvalue weighted by Crippen LogP contribution is 2.28. The number of halogens is 5. The molecule has 7 heteroatoms. The highest BCUT2D eigenvalue weighted by atomic mass is 19.4. The van der Waals surface area contributed by atoms with Crippen molar-refractivity contribution in [1.29, 1.82) is 0 Å². The van der Waals surface area contributed by atoms with E-state index in [0.717, 1.165) is 12.3 Å². The van der Waals surface area contributed by atoms with Gasteiger partial charge >= 0.3 is 6.18 Å². The van der Waals surface area contributed by atoms with Gasteiger partial charge in [-0.15, -0.1) is 0 Å². The maximum Gasteiger partial charge on any atom is 0.408 e. The summed E-state index contributed by atoms with van der Waals surface area (Å²) in [4.78, 5) is 0. The summed E-state index contributed by atoms with van der Waals surface area (Å²) >= 11 is 0. The summed E-state index contributed by atoms with van der Waals surface area (Å²) in [6.45, 7) is -0.977. The van der Waals surface area contributed by atoms with Crippen molar-refractivity contribution >= 4 is 0 Å². The van der Waals surface area contributed by atoms with Gasteiger partial charge < -0.3 is 0 Å². The van der Waals surface area contributed by atoms with Gasteiger partial charge in [-0.05, 0) is 6.07 Å². The summed E-state index contributed by atoms with van der Waals surface area (Å²) < 4.78 is 61.3. The first-order chi connectivity index (χ1) is 6.20. The monoisotopic (exact) mass is 214 g/mol. The Morgan fingerprint density at radius 1 is 1.29 bits per heavy atom. The zero-order chi connectivity index (χ0) is 11.0. The summed E-state index contributed by atoms with van der Waals surface area (Å²) in [5, 5.41) is 3.18. The van der Waals surface area contributed by atoms with E-state index in [1.165, 1.54) is 0 Å². The zero-order valence-electron chi connectivity index (χ0n) is 7.15. The number of hydrogen-bond donors (Lipinski definition) is 0. The van der Waals surface area contributed by atoms with Crippen molar-refractivity contribution in [2.75, 3.05) is 0 Å². The molecule has 0 N–H and O–H groups in total. The molecule has 0 spiro atoms. The molecule has 0 fully saturated rings. The standard InChI is InChI=1S/C7H7F5N2/c1-6(8,9)5-2-3-13-14(5)4-7(10,11)12/h2-3H,4H2,1H3. The smallest absolute Gasteiger partial charge is 0.254 e. The van der Waals surface area contributed by atoms with E-state index in [2.05, 4.69) is 5.10 Å². The Bertz CT molecular complexity index is 309. The second-order valence-electron chi connectivity index (χ2n) is 2.88. The number of hydrogen-bond acceptors (Lipinski definition) is 1. The van der Waals surface area contributed by atoms with Crippen molar-refractivity contribution in [2.45, 2.75) is 25.6 Å². The SMILES string of the molecule is CC(F)(F)c1ccnn1CC(F)(F)F. The molecule has 80 valence electrons. The van der Waals surface area contributed by atoms with E-state index in [4.69, 9.17) is 0 Å². The van der Waals surface area contributed by atoms with Crippen LogP contribution in [0.3, 0.4) is 0 Å². The van der Waals surface area contributed by atoms with E-state index in [-0.39, 0.29) is 4.68 Å². The molecule has 0 atom stereocenters. The van der Waals surface area contributed by atoms with Crippen LogP contribution in [0.1, 0.15) is 12.6 Å². The number of alkyl halides is 5. The molecule has 0 aliphatic carbocycles. The van der Waals surface area contributed by atoms with Crippen LogP contribution in [0.25, 0.3) is 0 Å². The molecule has 0 radical (unpaired) electrons. The van der Waals surface area contributed by atoms with Crippen molar-refractivity contribution in [2.24, 2.45) is 0 Å². The van der Waals surface area contributed by atoms with Crippen LogP contribution < -0.4 is 0 Å². The Morgan fingerprint density at radius 3 is 2.29 bits per heavy atom. The van der Waals surface area contributed by atoms with Crippen LogP contribution in [0, 0.1) is 0 Å². The molecule has 0 unspecified atom stereocenters. The van der Waals surface area contributed by atoms with Crippen LogP contribution in [-0.4, -0.2) is 16.0 Å². The molecule has 0 bridgehead atoms. The molecule has 1 aromatic heterocycles. The average molecular weight is 214 g/mol. The fraction of sp³-hybridized carbons (Fsp3) is 0.571. The summed E-state index contributed by atoms with van der Waals surface area (Å²) in [7, 11) is 0.